The Morgan fingerprint density at radius 1 is 0.514 bits per heavy atom. The summed E-state index contributed by atoms with van der Waals surface area (Å²) >= 11 is 5.87. The van der Waals surface area contributed by atoms with Crippen molar-refractivity contribution in [1.82, 2.24) is 40.7 Å². The number of hydroxylamine groups is 2. The van der Waals surface area contributed by atoms with Crippen molar-refractivity contribution < 1.29 is 84.9 Å². The van der Waals surface area contributed by atoms with Crippen LogP contribution in [0.15, 0.2) is 174 Å². The van der Waals surface area contributed by atoms with Gasteiger partial charge < -0.3 is 28.9 Å². The van der Waals surface area contributed by atoms with Crippen LogP contribution in [0, 0.1) is 0 Å². The number of aliphatic hydroxyl groups excluding tert-OH is 2. The van der Waals surface area contributed by atoms with Crippen LogP contribution in [0.4, 0.5) is 26.3 Å². The summed E-state index contributed by atoms with van der Waals surface area (Å²) in [5.74, 6) is 0.810. The van der Waals surface area contributed by atoms with Gasteiger partial charge in [-0.15, -0.1) is 13.2 Å². The van der Waals surface area contributed by atoms with E-state index in [9.17, 15) is 45.5 Å². The van der Waals surface area contributed by atoms with Gasteiger partial charge in [-0.05, 0) is 217 Å². The molecule has 0 atom stereocenters. The minimum atomic E-state index is -4.71. The number of hydrogen-bond donors (Lipinski definition) is 6. The first kappa shape index (κ1) is 79.7. The van der Waals surface area contributed by atoms with Crippen LogP contribution in [-0.4, -0.2) is 153 Å². The third-order valence-corrected chi connectivity index (χ3v) is 19.0. The number of nitrogens with zero attached hydrogens (tertiary/aromatic N) is 6. The van der Waals surface area contributed by atoms with Crippen LogP contribution in [0.1, 0.15) is 121 Å². The van der Waals surface area contributed by atoms with Crippen LogP contribution >= 0.6 is 11.6 Å². The number of fused-ring (bicyclic) bond motifs is 4. The number of rotatable bonds is 19. The second kappa shape index (κ2) is 38.1. The molecule has 4 aliphatic heterocycles. The third-order valence-electron chi connectivity index (χ3n) is 18.8. The fourth-order valence-electron chi connectivity index (χ4n) is 13.2. The van der Waals surface area contributed by atoms with E-state index in [1.165, 1.54) is 41.0 Å². The highest BCUT2D eigenvalue weighted by Crippen LogP contribution is 2.33. The van der Waals surface area contributed by atoms with Crippen LogP contribution in [0.25, 0.3) is 11.5 Å². The number of Topliss-reactive ketones (excluding diaryl/α,β-unsaturated/α-hetero) is 2. The van der Waals surface area contributed by atoms with E-state index >= 15 is 0 Å². The summed E-state index contributed by atoms with van der Waals surface area (Å²) in [7, 11) is 1.62. The lowest BCUT2D eigenvalue weighted by atomic mass is 9.98. The minimum absolute atomic E-state index is 0.222. The topological polar surface area (TPSA) is 253 Å². The van der Waals surface area contributed by atoms with Crippen molar-refractivity contribution in [1.29, 1.82) is 0 Å². The van der Waals surface area contributed by atoms with E-state index in [1.54, 1.807) is 60.5 Å². The number of ether oxygens (including phenoxy) is 3. The average molecular weight is 1500 g/mol. The molecule has 4 aliphatic rings. The first-order valence-corrected chi connectivity index (χ1v) is 35.3. The van der Waals surface area contributed by atoms with Gasteiger partial charge in [0.05, 0.1) is 24.8 Å². The highest BCUT2D eigenvalue weighted by Gasteiger charge is 2.32. The minimum Gasteiger partial charge on any atom is -0.496 e. The first-order chi connectivity index (χ1) is 51.5. The van der Waals surface area contributed by atoms with E-state index in [0.29, 0.717) is 84.1 Å². The molecule has 0 bridgehead atoms. The number of nitrogens with one attached hydrogen (secondary N) is 2. The number of hydrogen-bond acceptors (Lipinski definition) is 18. The predicted molar refractivity (Wildman–Crippen MR) is 386 cm³/mol. The van der Waals surface area contributed by atoms with Crippen molar-refractivity contribution in [2.75, 3.05) is 72.7 Å². The van der Waals surface area contributed by atoms with Crippen LogP contribution in [0.2, 0.25) is 5.02 Å². The normalized spacial score (nSPS) is 14.8. The van der Waals surface area contributed by atoms with E-state index in [1.807, 2.05) is 91.0 Å². The Morgan fingerprint density at radius 2 is 1.02 bits per heavy atom. The number of methoxy groups -OCH3 is 1. The van der Waals surface area contributed by atoms with Crippen LogP contribution in [0.5, 0.6) is 17.2 Å². The maximum absolute atomic E-state index is 12.7. The Hall–Kier alpha value is -9.87. The molecule has 0 unspecified atom stereocenters. The van der Waals surface area contributed by atoms with Crippen molar-refractivity contribution in [3.8, 4) is 28.7 Å². The zero-order chi connectivity index (χ0) is 76.0. The van der Waals surface area contributed by atoms with E-state index in [2.05, 4.69) is 34.5 Å². The number of para-hydroxylation sites is 1. The second-order valence-electron chi connectivity index (χ2n) is 26.1. The van der Waals surface area contributed by atoms with Gasteiger partial charge >= 0.3 is 12.5 Å². The number of carbonyl (C=O) groups excluding carboxylic acids is 4. The van der Waals surface area contributed by atoms with E-state index in [0.717, 1.165) is 160 Å². The fourth-order valence-corrected chi connectivity index (χ4v) is 13.3. The second-order valence-corrected chi connectivity index (χ2v) is 26.6. The van der Waals surface area contributed by atoms with E-state index < -0.39 is 43.1 Å². The number of ketones is 2. The Labute approximate surface area is 620 Å². The molecule has 0 aliphatic carbocycles. The van der Waals surface area contributed by atoms with Gasteiger partial charge in [-0.3, -0.25) is 49.2 Å². The molecule has 27 heteroatoms. The summed E-state index contributed by atoms with van der Waals surface area (Å²) in [6.45, 7) is 8.75. The molecule has 2 amide bonds. The molecule has 6 N–H and O–H groups in total. The molecule has 8 aromatic carbocycles. The lowest BCUT2D eigenvalue weighted by molar-refractivity contribution is -0.274. The molecule has 107 heavy (non-hydrogen) atoms. The molecule has 9 aromatic rings. The van der Waals surface area contributed by atoms with Gasteiger partial charge in [-0.2, -0.15) is 18.2 Å². The molecule has 20 nitrogen and oxygen atoms in total. The van der Waals surface area contributed by atoms with Gasteiger partial charge in [-0.25, -0.2) is 11.0 Å². The van der Waals surface area contributed by atoms with Crippen LogP contribution in [0.3, 0.4) is 0 Å². The number of aromatic nitrogens is 2. The van der Waals surface area contributed by atoms with Gasteiger partial charge in [-0.1, -0.05) is 89.6 Å². The highest BCUT2D eigenvalue weighted by molar-refractivity contribution is 6.30. The maximum Gasteiger partial charge on any atom is 0.573 e. The van der Waals surface area contributed by atoms with Crippen LogP contribution < -0.4 is 25.2 Å². The predicted octanol–water partition coefficient (Wildman–Crippen LogP) is 12.9. The molecule has 0 saturated heterocycles. The molecular weight excluding hydrogens is 1410 g/mol. The Morgan fingerprint density at radius 3 is 1.55 bits per heavy atom. The van der Waals surface area contributed by atoms with Crippen molar-refractivity contribution in [2.24, 2.45) is 0 Å². The number of carbonyl (C=O) groups is 4. The first-order valence-electron chi connectivity index (χ1n) is 34.9. The van der Waals surface area contributed by atoms with Crippen molar-refractivity contribution in [2.45, 2.75) is 96.6 Å². The van der Waals surface area contributed by atoms with Gasteiger partial charge in [0.15, 0.2) is 17.4 Å². The van der Waals surface area contributed by atoms with Crippen molar-refractivity contribution in [3.05, 3.63) is 264 Å². The van der Waals surface area contributed by atoms with E-state index in [-0.39, 0.29) is 17.3 Å². The van der Waals surface area contributed by atoms with Gasteiger partial charge in [0, 0.05) is 86.2 Å². The number of benzene rings is 8. The molecule has 0 fully saturated rings. The quantitative estimate of drug-likeness (QED) is 0.0190. The monoisotopic (exact) mass is 1500 g/mol. The Bertz CT molecular complexity index is 4490. The summed E-state index contributed by atoms with van der Waals surface area (Å²) in [5, 5.41) is 40.4. The molecule has 0 radical (unpaired) electrons. The number of aryl methyl sites for hydroxylation is 2. The van der Waals surface area contributed by atoms with Gasteiger partial charge in [0.25, 0.3) is 17.7 Å². The summed E-state index contributed by atoms with van der Waals surface area (Å²) in [5.41, 5.74) is 16.1. The molecule has 1 aromatic heterocycles. The Kier molecular flexibility index (Phi) is 28.4. The van der Waals surface area contributed by atoms with Gasteiger partial charge in [0.1, 0.15) is 37.1 Å². The lowest BCUT2D eigenvalue weighted by Gasteiger charge is -2.21. The summed E-state index contributed by atoms with van der Waals surface area (Å²) in [6.07, 6.45) is -2.10. The largest absolute Gasteiger partial charge is 0.573 e. The lowest BCUT2D eigenvalue weighted by Crippen LogP contribution is -2.30. The fraction of sp³-hybridized carbons (Fsp3) is 0.325. The van der Waals surface area contributed by atoms with Crippen molar-refractivity contribution in [3.63, 3.8) is 0 Å². The van der Waals surface area contributed by atoms with Crippen molar-refractivity contribution >= 4 is 35.0 Å². The standard InChI is InChI=1S/C22H23N3O4.C20H22ClNO3.C19H19F3N2O3.C19H19F3N2O2/c1-28-20-5-3-2-4-18(20)22-23-21(24-29-22)13-25-10-8-15-6-7-17(19(27)14-26)12-16(15)9-11-25;21-18-3-5-19(6-4-18)25-12-11-22-9-7-15-1-2-17(20(24)14-23)13-16(15)8-10-22;20-19(21,22)27-17-5-1-3-13(9-17)11-24-8-2-4-14-10-15(18(25)23-26)6-7-16(14)12-24;20-19(21,22)17-7-3-13(4-8-17)11-24-9-1-2-14-10-15(18(25)23-26)5-6-16(14)12-24/h2-7,12,26H,8-11,13-14H2,1H3;1-6,13,23H,7-12,14H2;1,3,5-7,9-10,26H,2,4,8,11-12H2,(H,23,25);3-8,10,26H,1-2,9,11-12H2,(H,23,25). The van der Waals surface area contributed by atoms with Crippen LogP contribution in [-0.2, 0) is 77.4 Å². The van der Waals surface area contributed by atoms with E-state index in [4.69, 9.17) is 46.2 Å². The molecule has 5 heterocycles. The average Bonchev–Trinajstić information content (AvgIpc) is 1.79. The number of alkyl halides is 6. The highest BCUT2D eigenvalue weighted by atomic mass is 35.5. The summed E-state index contributed by atoms with van der Waals surface area (Å²) in [6, 6.07) is 48.2. The molecule has 0 spiro atoms. The number of amides is 2. The Balaban J connectivity index is 0.000000153. The summed E-state index contributed by atoms with van der Waals surface area (Å²) < 4.78 is 95.7. The summed E-state index contributed by atoms with van der Waals surface area (Å²) in [4.78, 5) is 60.0. The molecule has 0 saturated carbocycles. The smallest absolute Gasteiger partial charge is 0.496 e. The SMILES string of the molecule is COc1ccccc1-c1nc(CN2CCc3ccc(C(=O)CO)cc3CC2)no1.O=C(CO)c1ccc2c(c1)CCN(CCOc1ccc(Cl)cc1)CC2.O=C(NO)c1ccc2c(c1)CCCN(Cc1ccc(C(F)(F)F)cc1)C2.O=C(NO)c1ccc2c(c1)CCCN(Cc1cccc(OC(F)(F)F)c1)C2. The third kappa shape index (κ3) is 23.3. The molecule has 564 valence electrons. The molecular formula is C80H83ClF6N8O12. The zero-order valence-corrected chi connectivity index (χ0v) is 59.6. The zero-order valence-electron chi connectivity index (χ0n) is 58.8. The number of halogens is 7. The molecule has 13 rings (SSSR count). The maximum atomic E-state index is 12.7. The number of aliphatic hydroxyl groups is 2. The van der Waals surface area contributed by atoms with Gasteiger partial charge in [0.2, 0.25) is 0 Å².